The topological polar surface area (TPSA) is 111 Å². The van der Waals surface area contributed by atoms with Crippen LogP contribution in [0.4, 0.5) is 0 Å². The van der Waals surface area contributed by atoms with Crippen LogP contribution in [-0.2, 0) is 32.7 Å². The van der Waals surface area contributed by atoms with Crippen molar-refractivity contribution in [2.45, 2.75) is 302 Å². The minimum atomic E-state index is -4.64. The number of phosphoric acid groups is 1. The summed E-state index contributed by atoms with van der Waals surface area (Å²) in [6.45, 7) is 4.26. The summed E-state index contributed by atoms with van der Waals surface area (Å²) in [5.41, 5.74) is 0. The van der Waals surface area contributed by atoms with E-state index in [4.69, 9.17) is 18.5 Å². The molecule has 2 atom stereocenters. The first-order chi connectivity index (χ1) is 34.0. The van der Waals surface area contributed by atoms with Crippen LogP contribution in [0.1, 0.15) is 296 Å². The molecule has 0 aromatic carbocycles. The van der Waals surface area contributed by atoms with Gasteiger partial charge in [-0.25, -0.2) is 0 Å². The predicted octanol–water partition coefficient (Wildman–Crippen LogP) is 18.0. The number of likely N-dealkylation sites (N-methyl/N-ethyl adjacent to an activating group) is 1. The van der Waals surface area contributed by atoms with Crippen LogP contribution in [0.5, 0.6) is 0 Å². The molecule has 0 aliphatic heterocycles. The zero-order valence-electron chi connectivity index (χ0n) is 47.0. The maximum Gasteiger partial charge on any atom is 0.306 e. The molecule has 0 N–H and O–H groups in total. The molecule has 70 heavy (non-hydrogen) atoms. The molecule has 1 unspecified atom stereocenters. The molecule has 0 fully saturated rings. The lowest BCUT2D eigenvalue weighted by Gasteiger charge is -2.28. The monoisotopic (exact) mass is 1010 g/mol. The zero-order valence-corrected chi connectivity index (χ0v) is 47.9. The van der Waals surface area contributed by atoms with Gasteiger partial charge < -0.3 is 27.9 Å². The van der Waals surface area contributed by atoms with E-state index in [2.05, 4.69) is 38.2 Å². The summed E-state index contributed by atoms with van der Waals surface area (Å²) >= 11 is 0. The van der Waals surface area contributed by atoms with E-state index in [1.807, 2.05) is 21.1 Å². The highest BCUT2D eigenvalue weighted by Gasteiger charge is 2.21. The summed E-state index contributed by atoms with van der Waals surface area (Å²) in [5.74, 6) is -0.866. The average Bonchev–Trinajstić information content (AvgIpc) is 3.32. The van der Waals surface area contributed by atoms with Gasteiger partial charge >= 0.3 is 11.9 Å². The van der Waals surface area contributed by atoms with Crippen LogP contribution >= 0.6 is 7.82 Å². The number of ether oxygens (including phenoxy) is 2. The predicted molar refractivity (Wildman–Crippen MR) is 296 cm³/mol. The average molecular weight is 1010 g/mol. The fourth-order valence-electron chi connectivity index (χ4n) is 8.80. The van der Waals surface area contributed by atoms with E-state index in [-0.39, 0.29) is 32.0 Å². The fraction of sp³-hybridized carbons (Fsp3) is 0.900. The molecule has 414 valence electrons. The van der Waals surface area contributed by atoms with Crippen LogP contribution in [0.15, 0.2) is 24.3 Å². The van der Waals surface area contributed by atoms with Crippen molar-refractivity contribution in [3.05, 3.63) is 24.3 Å². The van der Waals surface area contributed by atoms with Gasteiger partial charge in [0.1, 0.15) is 19.8 Å². The summed E-state index contributed by atoms with van der Waals surface area (Å²) in [7, 11) is 1.16. The number of carbonyl (C=O) groups excluding carboxylic acids is 2. The Balaban J connectivity index is 4.16. The first-order valence-electron chi connectivity index (χ1n) is 30.0. The molecule has 0 saturated carbocycles. The van der Waals surface area contributed by atoms with Gasteiger partial charge in [-0.05, 0) is 44.9 Å². The quantitative estimate of drug-likeness (QED) is 0.0195. The van der Waals surface area contributed by atoms with Crippen molar-refractivity contribution in [3.63, 3.8) is 0 Å². The molecule has 0 aromatic heterocycles. The number of hydrogen-bond donors (Lipinski definition) is 0. The van der Waals surface area contributed by atoms with E-state index >= 15 is 0 Å². The summed E-state index contributed by atoms with van der Waals surface area (Å²) in [6, 6.07) is 0. The highest BCUT2D eigenvalue weighted by atomic mass is 31.2. The molecule has 0 rings (SSSR count). The van der Waals surface area contributed by atoms with Gasteiger partial charge in [-0.2, -0.15) is 0 Å². The van der Waals surface area contributed by atoms with Crippen molar-refractivity contribution in [3.8, 4) is 0 Å². The molecule has 0 radical (unpaired) electrons. The SMILES string of the molecule is CCCCCCCCCCCCCCCC/C=C/CC/C=C/CCCC(=O)O[C@H](COC(=O)CCCCCCCCCCCCCCCCCCCCCCCCC)COP(=O)([O-])OCC[N+](C)(C)C. The smallest absolute Gasteiger partial charge is 0.306 e. The first-order valence-corrected chi connectivity index (χ1v) is 31.5. The number of phosphoric ester groups is 1. The zero-order chi connectivity index (χ0) is 51.3. The molecule has 0 aliphatic rings. The molecule has 0 aliphatic carbocycles. The van der Waals surface area contributed by atoms with Gasteiger partial charge in [-0.3, -0.25) is 14.2 Å². The number of hydrogen-bond acceptors (Lipinski definition) is 8. The second kappa shape index (κ2) is 52.4. The van der Waals surface area contributed by atoms with E-state index in [1.54, 1.807) is 0 Å². The Hall–Kier alpha value is -1.51. The van der Waals surface area contributed by atoms with Crippen molar-refractivity contribution in [1.29, 1.82) is 0 Å². The maximum absolute atomic E-state index is 12.8. The third-order valence-corrected chi connectivity index (χ3v) is 14.4. The summed E-state index contributed by atoms with van der Waals surface area (Å²) in [6.07, 6.45) is 62.4. The van der Waals surface area contributed by atoms with E-state index in [0.717, 1.165) is 44.9 Å². The molecule has 10 heteroatoms. The molecule has 9 nitrogen and oxygen atoms in total. The largest absolute Gasteiger partial charge is 0.756 e. The number of carbonyl (C=O) groups is 2. The van der Waals surface area contributed by atoms with Crippen molar-refractivity contribution < 1.29 is 42.1 Å². The van der Waals surface area contributed by atoms with Crippen molar-refractivity contribution >= 4 is 19.8 Å². The third kappa shape index (κ3) is 55.8. The Kier molecular flexibility index (Phi) is 51.2. The maximum atomic E-state index is 12.8. The normalized spacial score (nSPS) is 13.4. The Morgan fingerprint density at radius 1 is 0.429 bits per heavy atom. The van der Waals surface area contributed by atoms with Crippen LogP contribution in [0.3, 0.4) is 0 Å². The van der Waals surface area contributed by atoms with E-state index in [0.29, 0.717) is 17.4 Å². The van der Waals surface area contributed by atoms with Crippen LogP contribution in [0.25, 0.3) is 0 Å². The van der Waals surface area contributed by atoms with Gasteiger partial charge in [-0.15, -0.1) is 0 Å². The molecular formula is C60H116NO8P. The summed E-state index contributed by atoms with van der Waals surface area (Å²) in [4.78, 5) is 37.9. The second-order valence-corrected chi connectivity index (χ2v) is 23.1. The number of quaternary nitrogens is 1. The molecule has 0 bridgehead atoms. The number of unbranched alkanes of at least 4 members (excludes halogenated alkanes) is 38. The Bertz CT molecular complexity index is 1240. The Morgan fingerprint density at radius 2 is 0.757 bits per heavy atom. The van der Waals surface area contributed by atoms with Crippen LogP contribution < -0.4 is 4.89 Å². The third-order valence-electron chi connectivity index (χ3n) is 13.5. The summed E-state index contributed by atoms with van der Waals surface area (Å²) in [5, 5.41) is 0. The van der Waals surface area contributed by atoms with Crippen molar-refractivity contribution in [1.82, 2.24) is 0 Å². The molecule has 0 saturated heterocycles. The van der Waals surface area contributed by atoms with Gasteiger partial charge in [-0.1, -0.05) is 263 Å². The van der Waals surface area contributed by atoms with Crippen LogP contribution in [0.2, 0.25) is 0 Å². The molecule has 0 aromatic rings. The van der Waals surface area contributed by atoms with Crippen molar-refractivity contribution in [2.24, 2.45) is 0 Å². The molecule has 0 spiro atoms. The molecular weight excluding hydrogens is 894 g/mol. The van der Waals surface area contributed by atoms with Crippen LogP contribution in [-0.4, -0.2) is 70.0 Å². The van der Waals surface area contributed by atoms with Crippen molar-refractivity contribution in [2.75, 3.05) is 47.5 Å². The van der Waals surface area contributed by atoms with Crippen LogP contribution in [0, 0.1) is 0 Å². The fourth-order valence-corrected chi connectivity index (χ4v) is 9.53. The lowest BCUT2D eigenvalue weighted by molar-refractivity contribution is -0.870. The van der Waals surface area contributed by atoms with Gasteiger partial charge in [0.25, 0.3) is 7.82 Å². The highest BCUT2D eigenvalue weighted by Crippen LogP contribution is 2.38. The van der Waals surface area contributed by atoms with E-state index in [9.17, 15) is 19.0 Å². The van der Waals surface area contributed by atoms with E-state index < -0.39 is 26.5 Å². The lowest BCUT2D eigenvalue weighted by atomic mass is 10.0. The summed E-state index contributed by atoms with van der Waals surface area (Å²) < 4.78 is 34.1. The van der Waals surface area contributed by atoms with Gasteiger partial charge in [0.15, 0.2) is 6.10 Å². The minimum absolute atomic E-state index is 0.0351. The number of nitrogens with zero attached hydrogens (tertiary/aromatic N) is 1. The number of rotatable bonds is 56. The Morgan fingerprint density at radius 3 is 1.14 bits per heavy atom. The van der Waals surface area contributed by atoms with Gasteiger partial charge in [0, 0.05) is 12.8 Å². The number of allylic oxidation sites excluding steroid dienone is 4. The molecule has 0 heterocycles. The van der Waals surface area contributed by atoms with Gasteiger partial charge in [0.05, 0.1) is 27.7 Å². The van der Waals surface area contributed by atoms with E-state index in [1.165, 1.54) is 218 Å². The molecule has 0 amide bonds. The first kappa shape index (κ1) is 68.5. The number of esters is 2. The minimum Gasteiger partial charge on any atom is -0.756 e. The van der Waals surface area contributed by atoms with Gasteiger partial charge in [0.2, 0.25) is 0 Å². The second-order valence-electron chi connectivity index (χ2n) is 21.7. The standard InChI is InChI=1S/C60H116NO8P/c1-6-8-10-12-14-16-18-20-22-24-26-28-30-32-34-36-38-40-42-44-46-48-50-52-59(62)66-56-58(57-68-70(64,65)67-55-54-61(3,4)5)69-60(63)53-51-49-47-45-43-41-39-37-35-33-31-29-27-25-23-21-19-17-15-13-11-9-7-2/h37,39,45,47,58H,6-36,38,40-44,46,48-57H2,1-5H3/b39-37+,47-45+/t58-/m1/s1. The highest BCUT2D eigenvalue weighted by molar-refractivity contribution is 7.45. The Labute approximate surface area is 434 Å². The lowest BCUT2D eigenvalue weighted by Crippen LogP contribution is -2.37.